The number of hydrogen-bond acceptors (Lipinski definition) is 5. The number of pyridine rings is 2. The summed E-state index contributed by atoms with van der Waals surface area (Å²) in [7, 11) is 0. The molecule has 2 aromatic heterocycles. The fourth-order valence-corrected chi connectivity index (χ4v) is 2.43. The van der Waals surface area contributed by atoms with Gasteiger partial charge in [-0.2, -0.15) is 5.10 Å². The molecular weight excluding hydrogens is 328 g/mol. The third-order valence-corrected chi connectivity index (χ3v) is 3.68. The van der Waals surface area contributed by atoms with Crippen LogP contribution in [0.15, 0.2) is 65.8 Å². The summed E-state index contributed by atoms with van der Waals surface area (Å²) in [5.74, 6) is -0.620. The number of aryl methyl sites for hydroxylation is 2. The van der Waals surface area contributed by atoms with E-state index < -0.39 is 5.91 Å². The largest absolute Gasteiger partial charge is 0.507 e. The Labute approximate surface area is 151 Å². The monoisotopic (exact) mass is 346 g/mol. The van der Waals surface area contributed by atoms with Crippen LogP contribution in [0.4, 0.5) is 0 Å². The normalized spacial score (nSPS) is 10.2. The second kappa shape index (κ2) is 7.57. The van der Waals surface area contributed by atoms with Crippen molar-refractivity contribution in [3.8, 4) is 5.75 Å². The first-order valence-electron chi connectivity index (χ1n) is 8.08. The van der Waals surface area contributed by atoms with E-state index in [4.69, 9.17) is 0 Å². The van der Waals surface area contributed by atoms with Crippen molar-refractivity contribution in [2.24, 2.45) is 5.10 Å². The molecule has 2 N–H and O–H groups in total. The highest BCUT2D eigenvalue weighted by Crippen LogP contribution is 2.15. The van der Waals surface area contributed by atoms with Crippen molar-refractivity contribution >= 4 is 11.6 Å². The number of phenols is 1. The number of nitrogens with zero attached hydrogens (tertiary/aromatic N) is 3. The minimum atomic E-state index is -0.513. The average Bonchev–Trinajstić information content (AvgIpc) is 2.62. The summed E-state index contributed by atoms with van der Waals surface area (Å²) in [4.78, 5) is 21.3. The summed E-state index contributed by atoms with van der Waals surface area (Å²) in [6, 6.07) is 17.4. The molecule has 130 valence electrons. The van der Waals surface area contributed by atoms with Gasteiger partial charge in [-0.15, -0.1) is 0 Å². The second-order valence-electron chi connectivity index (χ2n) is 5.75. The molecule has 0 saturated heterocycles. The van der Waals surface area contributed by atoms with Crippen molar-refractivity contribution in [3.05, 3.63) is 89.0 Å². The van der Waals surface area contributed by atoms with Crippen molar-refractivity contribution in [2.45, 2.75) is 13.8 Å². The number of carbonyl (C=O) groups is 1. The number of nitrogens with one attached hydrogen (secondary N) is 1. The smallest absolute Gasteiger partial charge is 0.275 e. The van der Waals surface area contributed by atoms with E-state index in [0.29, 0.717) is 17.1 Å². The highest BCUT2D eigenvalue weighted by atomic mass is 16.3. The number of hydrazone groups is 1. The molecule has 0 spiro atoms. The molecule has 0 radical (unpaired) electrons. The average molecular weight is 346 g/mol. The molecule has 26 heavy (non-hydrogen) atoms. The second-order valence-corrected chi connectivity index (χ2v) is 5.75. The van der Waals surface area contributed by atoms with Crippen molar-refractivity contribution in [1.29, 1.82) is 0 Å². The molecule has 0 saturated carbocycles. The first kappa shape index (κ1) is 17.3. The molecule has 6 heteroatoms. The van der Waals surface area contributed by atoms with Gasteiger partial charge in [0.05, 0.1) is 17.0 Å². The van der Waals surface area contributed by atoms with Gasteiger partial charge in [0.1, 0.15) is 11.5 Å². The van der Waals surface area contributed by atoms with Crippen molar-refractivity contribution in [1.82, 2.24) is 15.4 Å². The SMILES string of the molecule is Cc1cccc(C(=NNC(=O)c2ccccc2O)c2cccc(C)n2)n1. The van der Waals surface area contributed by atoms with Crippen LogP contribution in [0.25, 0.3) is 0 Å². The minimum absolute atomic E-state index is 0.107. The van der Waals surface area contributed by atoms with Gasteiger partial charge in [-0.3, -0.25) is 14.8 Å². The van der Waals surface area contributed by atoms with Gasteiger partial charge in [0.2, 0.25) is 0 Å². The maximum atomic E-state index is 12.3. The number of phenolic OH excluding ortho intramolecular Hbond substituents is 1. The molecule has 0 bridgehead atoms. The zero-order valence-electron chi connectivity index (χ0n) is 14.5. The fraction of sp³-hybridized carbons (Fsp3) is 0.100. The van der Waals surface area contributed by atoms with Crippen LogP contribution in [0.2, 0.25) is 0 Å². The maximum absolute atomic E-state index is 12.3. The fourth-order valence-electron chi connectivity index (χ4n) is 2.43. The van der Waals surface area contributed by atoms with Crippen molar-refractivity contribution in [2.75, 3.05) is 0 Å². The molecule has 2 heterocycles. The predicted octanol–water partition coefficient (Wildman–Crippen LogP) is 2.98. The Hall–Kier alpha value is -3.54. The summed E-state index contributed by atoms with van der Waals surface area (Å²) in [6.07, 6.45) is 0. The van der Waals surface area contributed by atoms with E-state index in [9.17, 15) is 9.90 Å². The lowest BCUT2D eigenvalue weighted by atomic mass is 10.1. The number of carbonyl (C=O) groups excluding carboxylic acids is 1. The van der Waals surface area contributed by atoms with Gasteiger partial charge in [0.25, 0.3) is 5.91 Å². The molecule has 3 aromatic rings. The Morgan fingerprint density at radius 3 is 2.00 bits per heavy atom. The zero-order chi connectivity index (χ0) is 18.5. The number of aromatic nitrogens is 2. The van der Waals surface area contributed by atoms with Gasteiger partial charge in [-0.05, 0) is 50.2 Å². The summed E-state index contributed by atoms with van der Waals surface area (Å²) in [6.45, 7) is 3.76. The Bertz CT molecular complexity index is 935. The molecule has 3 rings (SSSR count). The summed E-state index contributed by atoms with van der Waals surface area (Å²) >= 11 is 0. The third-order valence-electron chi connectivity index (χ3n) is 3.68. The molecule has 0 aliphatic rings. The predicted molar refractivity (Wildman–Crippen MR) is 99.2 cm³/mol. The first-order valence-corrected chi connectivity index (χ1v) is 8.08. The lowest BCUT2D eigenvalue weighted by molar-refractivity contribution is 0.0952. The van der Waals surface area contributed by atoms with E-state index >= 15 is 0 Å². The molecule has 0 aliphatic carbocycles. The van der Waals surface area contributed by atoms with Crippen molar-refractivity contribution in [3.63, 3.8) is 0 Å². The minimum Gasteiger partial charge on any atom is -0.507 e. The van der Waals surface area contributed by atoms with Crippen LogP contribution in [0.5, 0.6) is 5.75 Å². The van der Waals surface area contributed by atoms with E-state index in [1.807, 2.05) is 50.2 Å². The number of hydrogen-bond donors (Lipinski definition) is 2. The quantitative estimate of drug-likeness (QED) is 0.561. The lowest BCUT2D eigenvalue weighted by Gasteiger charge is -2.08. The van der Waals surface area contributed by atoms with Crippen LogP contribution in [-0.4, -0.2) is 26.7 Å². The molecule has 1 amide bonds. The van der Waals surface area contributed by atoms with E-state index in [-0.39, 0.29) is 11.3 Å². The van der Waals surface area contributed by atoms with Gasteiger partial charge in [0, 0.05) is 11.4 Å². The molecule has 0 aliphatic heterocycles. The van der Waals surface area contributed by atoms with Crippen LogP contribution in [-0.2, 0) is 0 Å². The van der Waals surface area contributed by atoms with E-state index in [0.717, 1.165) is 11.4 Å². The number of aromatic hydroxyl groups is 1. The van der Waals surface area contributed by atoms with Gasteiger partial charge < -0.3 is 5.11 Å². The number of rotatable bonds is 4. The highest BCUT2D eigenvalue weighted by Gasteiger charge is 2.14. The molecular formula is C20H18N4O2. The van der Waals surface area contributed by atoms with Gasteiger partial charge >= 0.3 is 0 Å². The van der Waals surface area contributed by atoms with Gasteiger partial charge in [0.15, 0.2) is 0 Å². The topological polar surface area (TPSA) is 87.5 Å². The Morgan fingerprint density at radius 1 is 0.885 bits per heavy atom. The van der Waals surface area contributed by atoms with Crippen LogP contribution >= 0.6 is 0 Å². The molecule has 1 aromatic carbocycles. The number of para-hydroxylation sites is 1. The summed E-state index contributed by atoms with van der Waals surface area (Å²) < 4.78 is 0. The summed E-state index contributed by atoms with van der Waals surface area (Å²) in [5.41, 5.74) is 5.93. The first-order chi connectivity index (χ1) is 12.5. The van der Waals surface area contributed by atoms with Crippen LogP contribution < -0.4 is 5.43 Å². The standard InChI is InChI=1S/C20H18N4O2/c1-13-7-5-10-16(21-13)19(17-11-6-8-14(2)22-17)23-24-20(26)15-9-3-4-12-18(15)25/h3-12,25H,1-2H3,(H,24,26). The molecule has 0 unspecified atom stereocenters. The van der Waals surface area contributed by atoms with Crippen LogP contribution in [0, 0.1) is 13.8 Å². The Kier molecular flexibility index (Phi) is 5.03. The molecule has 0 atom stereocenters. The maximum Gasteiger partial charge on any atom is 0.275 e. The van der Waals surface area contributed by atoms with Crippen LogP contribution in [0.1, 0.15) is 33.1 Å². The molecule has 6 nitrogen and oxygen atoms in total. The Morgan fingerprint density at radius 2 is 1.46 bits per heavy atom. The van der Waals surface area contributed by atoms with Crippen LogP contribution in [0.3, 0.4) is 0 Å². The van der Waals surface area contributed by atoms with E-state index in [1.54, 1.807) is 12.1 Å². The highest BCUT2D eigenvalue weighted by molar-refractivity contribution is 6.11. The molecule has 0 fully saturated rings. The van der Waals surface area contributed by atoms with Gasteiger partial charge in [-0.25, -0.2) is 5.43 Å². The van der Waals surface area contributed by atoms with E-state index in [1.165, 1.54) is 12.1 Å². The zero-order valence-corrected chi connectivity index (χ0v) is 14.5. The van der Waals surface area contributed by atoms with Crippen molar-refractivity contribution < 1.29 is 9.90 Å². The summed E-state index contributed by atoms with van der Waals surface area (Å²) in [5, 5.41) is 14.1. The number of amides is 1. The Balaban J connectivity index is 1.99. The lowest BCUT2D eigenvalue weighted by Crippen LogP contribution is -2.21. The number of benzene rings is 1. The van der Waals surface area contributed by atoms with E-state index in [2.05, 4.69) is 20.5 Å². The third kappa shape index (κ3) is 3.92. The van der Waals surface area contributed by atoms with Gasteiger partial charge in [-0.1, -0.05) is 24.3 Å².